The van der Waals surface area contributed by atoms with Crippen molar-refractivity contribution in [2.45, 2.75) is 13.8 Å². The Morgan fingerprint density at radius 2 is 2.08 bits per heavy atom. The highest BCUT2D eigenvalue weighted by atomic mass is 16.5. The number of nitrogens with zero attached hydrogens (tertiary/aromatic N) is 1. The largest absolute Gasteiger partial charge is 0.491 e. The minimum absolute atomic E-state index is 0.0305. The number of fused-ring (bicyclic) bond motifs is 1. The first-order chi connectivity index (χ1) is 12.5. The highest BCUT2D eigenvalue weighted by Gasteiger charge is 2.46. The number of H-pyrrole nitrogens is 1. The fourth-order valence-corrected chi connectivity index (χ4v) is 3.97. The Bertz CT molecular complexity index is 784. The lowest BCUT2D eigenvalue weighted by Crippen LogP contribution is -2.37. The van der Waals surface area contributed by atoms with E-state index in [9.17, 15) is 14.4 Å². The third-order valence-electron chi connectivity index (χ3n) is 5.28. The summed E-state index contributed by atoms with van der Waals surface area (Å²) in [6.07, 6.45) is 5.52. The van der Waals surface area contributed by atoms with Crippen molar-refractivity contribution in [3.63, 3.8) is 0 Å². The number of carbonyl (C=O) groups is 2. The minimum atomic E-state index is -0.343. The van der Waals surface area contributed by atoms with Crippen LogP contribution in [0.3, 0.4) is 0 Å². The van der Waals surface area contributed by atoms with Gasteiger partial charge < -0.3 is 19.4 Å². The average Bonchev–Trinajstić information content (AvgIpc) is 3.05. The summed E-state index contributed by atoms with van der Waals surface area (Å²) in [6.45, 7) is 5.13. The van der Waals surface area contributed by atoms with Crippen LogP contribution in [0.25, 0.3) is 0 Å². The van der Waals surface area contributed by atoms with Crippen molar-refractivity contribution < 1.29 is 19.1 Å². The number of methoxy groups -OCH3 is 1. The molecule has 0 radical (unpaired) electrons. The number of carbonyl (C=O) groups excluding carboxylic acids is 2. The SMILES string of the molecule is CCOC(=O)[C@@H]1[C@H]2CN(C(=O)c3cc(=O)c(OC)c[nH]3)C[C@@H]2C=C[C@@H]1C. The van der Waals surface area contributed by atoms with Crippen LogP contribution in [0.1, 0.15) is 24.3 Å². The van der Waals surface area contributed by atoms with Gasteiger partial charge in [0, 0.05) is 25.4 Å². The van der Waals surface area contributed by atoms with Crippen molar-refractivity contribution in [2.24, 2.45) is 23.7 Å². The first-order valence-electron chi connectivity index (χ1n) is 8.87. The summed E-state index contributed by atoms with van der Waals surface area (Å²) in [6, 6.07) is 1.25. The Kier molecular flexibility index (Phi) is 5.15. The van der Waals surface area contributed by atoms with E-state index in [0.717, 1.165) is 0 Å². The number of rotatable bonds is 4. The van der Waals surface area contributed by atoms with Crippen molar-refractivity contribution >= 4 is 11.9 Å². The van der Waals surface area contributed by atoms with Crippen LogP contribution in [0.4, 0.5) is 0 Å². The number of hydrogen-bond acceptors (Lipinski definition) is 5. The second-order valence-electron chi connectivity index (χ2n) is 6.84. The molecule has 7 heteroatoms. The van der Waals surface area contributed by atoms with Gasteiger partial charge in [-0.05, 0) is 24.7 Å². The number of amides is 1. The molecule has 0 saturated carbocycles. The van der Waals surface area contributed by atoms with E-state index in [1.54, 1.807) is 11.8 Å². The number of aromatic amines is 1. The summed E-state index contributed by atoms with van der Waals surface area (Å²) in [4.78, 5) is 41.6. The molecule has 4 atom stereocenters. The number of allylic oxidation sites excluding steroid dienone is 1. The Balaban J connectivity index is 1.79. The lowest BCUT2D eigenvalue weighted by Gasteiger charge is -2.31. The van der Waals surface area contributed by atoms with Gasteiger partial charge >= 0.3 is 5.97 Å². The van der Waals surface area contributed by atoms with Crippen LogP contribution in [0, 0.1) is 23.7 Å². The van der Waals surface area contributed by atoms with E-state index in [0.29, 0.717) is 19.7 Å². The molecule has 2 aliphatic rings. The van der Waals surface area contributed by atoms with E-state index in [1.807, 2.05) is 13.0 Å². The van der Waals surface area contributed by atoms with Crippen molar-refractivity contribution in [3.05, 3.63) is 40.3 Å². The van der Waals surface area contributed by atoms with Gasteiger partial charge in [-0.3, -0.25) is 14.4 Å². The van der Waals surface area contributed by atoms with Crippen LogP contribution in [-0.2, 0) is 9.53 Å². The fourth-order valence-electron chi connectivity index (χ4n) is 3.97. The highest BCUT2D eigenvalue weighted by Crippen LogP contribution is 2.40. The standard InChI is InChI=1S/C19H24N2O5/c1-4-26-19(24)17-11(2)5-6-12-9-21(10-13(12)17)18(23)14-7-15(22)16(25-3)8-20-14/h5-8,11-13,17H,4,9-10H2,1-3H3,(H,20,22)/t11-,12-,13-,17-/m0/s1. The average molecular weight is 360 g/mol. The number of pyridine rings is 1. The third-order valence-corrected chi connectivity index (χ3v) is 5.28. The van der Waals surface area contributed by atoms with E-state index in [4.69, 9.17) is 9.47 Å². The first kappa shape index (κ1) is 18.2. The van der Waals surface area contributed by atoms with Gasteiger partial charge in [-0.15, -0.1) is 0 Å². The number of nitrogens with one attached hydrogen (secondary N) is 1. The lowest BCUT2D eigenvalue weighted by atomic mass is 9.72. The maximum Gasteiger partial charge on any atom is 0.309 e. The molecule has 0 spiro atoms. The summed E-state index contributed by atoms with van der Waals surface area (Å²) >= 11 is 0. The number of hydrogen-bond donors (Lipinski definition) is 1. The van der Waals surface area contributed by atoms with Gasteiger partial charge in [-0.25, -0.2) is 0 Å². The molecule has 140 valence electrons. The molecular formula is C19H24N2O5. The Morgan fingerprint density at radius 3 is 2.73 bits per heavy atom. The van der Waals surface area contributed by atoms with Crippen molar-refractivity contribution in [3.8, 4) is 5.75 Å². The van der Waals surface area contributed by atoms with Crippen molar-refractivity contribution in [1.82, 2.24) is 9.88 Å². The molecule has 3 rings (SSSR count). The molecule has 1 aromatic rings. The second kappa shape index (κ2) is 7.35. The van der Waals surface area contributed by atoms with E-state index in [1.165, 1.54) is 19.4 Å². The van der Waals surface area contributed by atoms with Gasteiger partial charge in [0.05, 0.1) is 19.6 Å². The molecule has 2 heterocycles. The normalized spacial score (nSPS) is 27.1. The Labute approximate surface area is 152 Å². The monoisotopic (exact) mass is 360 g/mol. The number of aromatic nitrogens is 1. The molecule has 26 heavy (non-hydrogen) atoms. The maximum absolute atomic E-state index is 12.8. The predicted molar refractivity (Wildman–Crippen MR) is 94.9 cm³/mol. The molecule has 7 nitrogen and oxygen atoms in total. The van der Waals surface area contributed by atoms with Crippen LogP contribution in [0.15, 0.2) is 29.2 Å². The fraction of sp³-hybridized carbons (Fsp3) is 0.526. The van der Waals surface area contributed by atoms with Gasteiger partial charge in [0.2, 0.25) is 5.43 Å². The molecule has 1 N–H and O–H groups in total. The van der Waals surface area contributed by atoms with Gasteiger partial charge in [0.25, 0.3) is 5.91 Å². The highest BCUT2D eigenvalue weighted by molar-refractivity contribution is 5.92. The van der Waals surface area contributed by atoms with E-state index < -0.39 is 0 Å². The second-order valence-corrected chi connectivity index (χ2v) is 6.84. The molecule has 1 fully saturated rings. The van der Waals surface area contributed by atoms with Gasteiger partial charge in [0.1, 0.15) is 5.69 Å². The lowest BCUT2D eigenvalue weighted by molar-refractivity contribution is -0.152. The maximum atomic E-state index is 12.8. The van der Waals surface area contributed by atoms with E-state index >= 15 is 0 Å². The molecule has 0 bridgehead atoms. The smallest absolute Gasteiger partial charge is 0.309 e. The number of likely N-dealkylation sites (tertiary alicyclic amines) is 1. The van der Waals surface area contributed by atoms with Crippen molar-refractivity contribution in [1.29, 1.82) is 0 Å². The van der Waals surface area contributed by atoms with Gasteiger partial charge in [-0.2, -0.15) is 0 Å². The van der Waals surface area contributed by atoms with Gasteiger partial charge in [0.15, 0.2) is 5.75 Å². The summed E-state index contributed by atoms with van der Waals surface area (Å²) in [5.74, 6) is -0.314. The molecular weight excluding hydrogens is 336 g/mol. The summed E-state index contributed by atoms with van der Waals surface area (Å²) < 4.78 is 10.2. The molecule has 1 amide bonds. The summed E-state index contributed by atoms with van der Waals surface area (Å²) in [7, 11) is 1.40. The van der Waals surface area contributed by atoms with Crippen LogP contribution >= 0.6 is 0 Å². The van der Waals surface area contributed by atoms with Crippen LogP contribution in [0.2, 0.25) is 0 Å². The van der Waals surface area contributed by atoms with Gasteiger partial charge in [-0.1, -0.05) is 19.1 Å². The van der Waals surface area contributed by atoms with Crippen molar-refractivity contribution in [2.75, 3.05) is 26.8 Å². The molecule has 1 saturated heterocycles. The Hall–Kier alpha value is -2.57. The summed E-state index contributed by atoms with van der Waals surface area (Å²) in [5.41, 5.74) is -0.122. The summed E-state index contributed by atoms with van der Waals surface area (Å²) in [5, 5.41) is 0. The third kappa shape index (κ3) is 3.25. The quantitative estimate of drug-likeness (QED) is 0.649. The zero-order chi connectivity index (χ0) is 18.8. The minimum Gasteiger partial charge on any atom is -0.491 e. The van der Waals surface area contributed by atoms with Crippen LogP contribution in [0.5, 0.6) is 5.75 Å². The molecule has 1 aliphatic heterocycles. The number of esters is 1. The molecule has 0 aromatic carbocycles. The van der Waals surface area contributed by atoms with Crippen LogP contribution < -0.4 is 10.2 Å². The zero-order valence-electron chi connectivity index (χ0n) is 15.2. The first-order valence-corrected chi connectivity index (χ1v) is 8.87. The zero-order valence-corrected chi connectivity index (χ0v) is 15.2. The molecule has 0 unspecified atom stereocenters. The molecule has 1 aromatic heterocycles. The predicted octanol–water partition coefficient (Wildman–Crippen LogP) is 1.46. The van der Waals surface area contributed by atoms with E-state index in [-0.39, 0.29) is 52.4 Å². The Morgan fingerprint density at radius 1 is 1.31 bits per heavy atom. The van der Waals surface area contributed by atoms with E-state index in [2.05, 4.69) is 11.1 Å². The number of ether oxygens (including phenoxy) is 2. The topological polar surface area (TPSA) is 88.7 Å². The molecule has 1 aliphatic carbocycles. The van der Waals surface area contributed by atoms with Crippen LogP contribution in [-0.4, -0.2) is 48.6 Å².